The zero-order chi connectivity index (χ0) is 23.6. The summed E-state index contributed by atoms with van der Waals surface area (Å²) in [6, 6.07) is 17.8. The standard InChI is InChI=1S/C24H24N2O5S2/c1-31-24(28)17-8-6-16(7-9-17)22(27)26-23(21-13-19(32)14-25-21)33(29,30)20-11-10-15-4-2-3-5-18(15)12-20/h2-12,19,21,23,25,32H,13-14H2,1H3,(H,26,27)/t19-,21+,23?/m1/s1. The van der Waals surface area contributed by atoms with Gasteiger partial charge < -0.3 is 15.4 Å². The Bertz CT molecular complexity index is 1290. The summed E-state index contributed by atoms with van der Waals surface area (Å²) in [7, 11) is -2.66. The van der Waals surface area contributed by atoms with Crippen molar-refractivity contribution in [3.8, 4) is 0 Å². The Morgan fingerprint density at radius 2 is 1.70 bits per heavy atom. The monoisotopic (exact) mass is 484 g/mol. The summed E-state index contributed by atoms with van der Waals surface area (Å²) in [5.74, 6) is -1.07. The Hall–Kier alpha value is -2.88. The first-order valence-corrected chi connectivity index (χ1v) is 12.5. The SMILES string of the molecule is COC(=O)c1ccc(C(=O)NC([C@@H]2C[C@@H](S)CN2)S(=O)(=O)c2ccc3ccccc3c2)cc1. The number of rotatable bonds is 6. The second-order valence-electron chi connectivity index (χ2n) is 7.92. The van der Waals surface area contributed by atoms with Crippen molar-refractivity contribution >= 4 is 45.1 Å². The lowest BCUT2D eigenvalue weighted by molar-refractivity contribution is 0.0600. The summed E-state index contributed by atoms with van der Waals surface area (Å²) < 4.78 is 32.0. The van der Waals surface area contributed by atoms with Gasteiger partial charge in [0.1, 0.15) is 0 Å². The average Bonchev–Trinajstić information content (AvgIpc) is 3.27. The predicted octanol–water partition coefficient (Wildman–Crippen LogP) is 2.82. The van der Waals surface area contributed by atoms with Crippen LogP contribution in [-0.2, 0) is 14.6 Å². The number of hydrogen-bond donors (Lipinski definition) is 3. The minimum absolute atomic E-state index is 0.0134. The fourth-order valence-corrected chi connectivity index (χ4v) is 6.03. The third-order valence-electron chi connectivity index (χ3n) is 5.73. The topological polar surface area (TPSA) is 102 Å². The first-order chi connectivity index (χ1) is 15.8. The highest BCUT2D eigenvalue weighted by atomic mass is 32.2. The van der Waals surface area contributed by atoms with Gasteiger partial charge in [-0.05, 0) is 53.6 Å². The third kappa shape index (κ3) is 4.90. The summed E-state index contributed by atoms with van der Waals surface area (Å²) >= 11 is 4.46. The zero-order valence-corrected chi connectivity index (χ0v) is 19.6. The second-order valence-corrected chi connectivity index (χ2v) is 10.7. The molecule has 0 bridgehead atoms. The normalized spacial score (nSPS) is 19.2. The number of methoxy groups -OCH3 is 1. The van der Waals surface area contributed by atoms with Gasteiger partial charge in [0.25, 0.3) is 5.91 Å². The fourth-order valence-electron chi connectivity index (χ4n) is 3.95. The van der Waals surface area contributed by atoms with Crippen molar-refractivity contribution in [2.75, 3.05) is 13.7 Å². The van der Waals surface area contributed by atoms with Crippen LogP contribution in [0.4, 0.5) is 0 Å². The van der Waals surface area contributed by atoms with Crippen LogP contribution in [0.15, 0.2) is 71.6 Å². The van der Waals surface area contributed by atoms with E-state index in [0.29, 0.717) is 18.5 Å². The molecule has 33 heavy (non-hydrogen) atoms. The van der Waals surface area contributed by atoms with Crippen LogP contribution in [0.25, 0.3) is 10.8 Å². The van der Waals surface area contributed by atoms with E-state index < -0.39 is 33.1 Å². The van der Waals surface area contributed by atoms with Crippen LogP contribution in [0.2, 0.25) is 0 Å². The van der Waals surface area contributed by atoms with Gasteiger partial charge in [-0.2, -0.15) is 12.6 Å². The molecule has 1 amide bonds. The first kappa shape index (κ1) is 23.3. The van der Waals surface area contributed by atoms with Crippen molar-refractivity contribution in [1.82, 2.24) is 10.6 Å². The molecule has 3 aromatic rings. The van der Waals surface area contributed by atoms with E-state index in [1.165, 1.54) is 31.4 Å². The maximum Gasteiger partial charge on any atom is 0.337 e. The summed E-state index contributed by atoms with van der Waals surface area (Å²) in [5.41, 5.74) is 0.534. The van der Waals surface area contributed by atoms with E-state index in [4.69, 9.17) is 0 Å². The summed E-state index contributed by atoms with van der Waals surface area (Å²) in [5, 5.41) is 6.41. The van der Waals surface area contributed by atoms with Crippen molar-refractivity contribution in [3.63, 3.8) is 0 Å². The molecule has 7 nitrogen and oxygen atoms in total. The minimum atomic E-state index is -3.93. The molecule has 1 aliphatic heterocycles. The Kier molecular flexibility index (Phi) is 6.73. The van der Waals surface area contributed by atoms with Gasteiger partial charge in [-0.3, -0.25) is 4.79 Å². The highest BCUT2D eigenvalue weighted by Gasteiger charge is 2.39. The van der Waals surface area contributed by atoms with Crippen molar-refractivity contribution < 1.29 is 22.7 Å². The quantitative estimate of drug-likeness (QED) is 0.367. The molecule has 1 heterocycles. The molecule has 0 aliphatic carbocycles. The molecule has 1 saturated heterocycles. The molecular formula is C24H24N2O5S2. The number of thiol groups is 1. The molecule has 0 radical (unpaired) electrons. The Morgan fingerprint density at radius 3 is 2.33 bits per heavy atom. The highest BCUT2D eigenvalue weighted by Crippen LogP contribution is 2.26. The van der Waals surface area contributed by atoms with Crippen LogP contribution in [0.3, 0.4) is 0 Å². The second kappa shape index (κ2) is 9.54. The van der Waals surface area contributed by atoms with Crippen LogP contribution < -0.4 is 10.6 Å². The number of carbonyl (C=O) groups is 2. The molecule has 1 unspecified atom stereocenters. The molecule has 1 fully saturated rings. The van der Waals surface area contributed by atoms with Gasteiger partial charge in [-0.15, -0.1) is 0 Å². The number of fused-ring (bicyclic) bond motifs is 1. The number of sulfone groups is 1. The molecule has 0 aromatic heterocycles. The zero-order valence-electron chi connectivity index (χ0n) is 17.9. The number of esters is 1. The largest absolute Gasteiger partial charge is 0.465 e. The van der Waals surface area contributed by atoms with Crippen LogP contribution in [0.5, 0.6) is 0 Å². The van der Waals surface area contributed by atoms with Gasteiger partial charge in [-0.25, -0.2) is 13.2 Å². The lowest BCUT2D eigenvalue weighted by Crippen LogP contribution is -2.52. The first-order valence-electron chi connectivity index (χ1n) is 10.4. The highest BCUT2D eigenvalue weighted by molar-refractivity contribution is 7.92. The van der Waals surface area contributed by atoms with E-state index in [1.54, 1.807) is 18.2 Å². The predicted molar refractivity (Wildman–Crippen MR) is 129 cm³/mol. The Balaban J connectivity index is 1.65. The summed E-state index contributed by atoms with van der Waals surface area (Å²) in [6.45, 7) is 0.543. The van der Waals surface area contributed by atoms with Crippen LogP contribution in [-0.4, -0.2) is 50.6 Å². The maximum absolute atomic E-state index is 13.7. The van der Waals surface area contributed by atoms with E-state index in [2.05, 4.69) is 28.0 Å². The van der Waals surface area contributed by atoms with E-state index in [-0.39, 0.29) is 15.7 Å². The van der Waals surface area contributed by atoms with Gasteiger partial charge in [0.15, 0.2) is 5.37 Å². The fraction of sp³-hybridized carbons (Fsp3) is 0.250. The molecular weight excluding hydrogens is 460 g/mol. The number of nitrogens with one attached hydrogen (secondary N) is 2. The number of ether oxygens (including phenoxy) is 1. The van der Waals surface area contributed by atoms with Gasteiger partial charge >= 0.3 is 5.97 Å². The van der Waals surface area contributed by atoms with Crippen LogP contribution in [0, 0.1) is 0 Å². The molecule has 172 valence electrons. The Labute approximate surface area is 197 Å². The van der Waals surface area contributed by atoms with E-state index >= 15 is 0 Å². The Morgan fingerprint density at radius 1 is 1.03 bits per heavy atom. The molecule has 9 heteroatoms. The number of hydrogen-bond acceptors (Lipinski definition) is 7. The lowest BCUT2D eigenvalue weighted by Gasteiger charge is -2.25. The number of benzene rings is 3. The van der Waals surface area contributed by atoms with Crippen molar-refractivity contribution in [2.24, 2.45) is 0 Å². The molecule has 2 N–H and O–H groups in total. The van der Waals surface area contributed by atoms with Crippen LogP contribution >= 0.6 is 12.6 Å². The molecule has 0 spiro atoms. The molecule has 3 atom stereocenters. The average molecular weight is 485 g/mol. The van der Waals surface area contributed by atoms with Crippen molar-refractivity contribution in [1.29, 1.82) is 0 Å². The van der Waals surface area contributed by atoms with E-state index in [9.17, 15) is 18.0 Å². The minimum Gasteiger partial charge on any atom is -0.465 e. The molecule has 3 aromatic carbocycles. The van der Waals surface area contributed by atoms with Gasteiger partial charge in [0.05, 0.1) is 17.6 Å². The van der Waals surface area contributed by atoms with Gasteiger partial charge in [0, 0.05) is 23.4 Å². The number of carbonyl (C=O) groups excluding carboxylic acids is 2. The maximum atomic E-state index is 13.7. The van der Waals surface area contributed by atoms with Gasteiger partial charge in [-0.1, -0.05) is 30.3 Å². The smallest absolute Gasteiger partial charge is 0.337 e. The third-order valence-corrected chi connectivity index (χ3v) is 8.15. The van der Waals surface area contributed by atoms with E-state index in [0.717, 1.165) is 10.8 Å². The van der Waals surface area contributed by atoms with Gasteiger partial charge in [0.2, 0.25) is 9.84 Å². The molecule has 0 saturated carbocycles. The summed E-state index contributed by atoms with van der Waals surface area (Å²) in [4.78, 5) is 24.8. The molecule has 4 rings (SSSR count). The van der Waals surface area contributed by atoms with E-state index in [1.807, 2.05) is 24.3 Å². The summed E-state index contributed by atoms with van der Waals surface area (Å²) in [6.07, 6.45) is 0.488. The number of amides is 1. The molecule has 1 aliphatic rings. The van der Waals surface area contributed by atoms with Crippen molar-refractivity contribution in [2.45, 2.75) is 28.0 Å². The lowest BCUT2D eigenvalue weighted by atomic mass is 10.1. The van der Waals surface area contributed by atoms with Crippen LogP contribution in [0.1, 0.15) is 27.1 Å². The van der Waals surface area contributed by atoms with Crippen molar-refractivity contribution in [3.05, 3.63) is 77.9 Å².